The highest BCUT2D eigenvalue weighted by atomic mass is 32.2. The van der Waals surface area contributed by atoms with Crippen molar-refractivity contribution in [3.8, 4) is 11.8 Å². The molecule has 0 saturated heterocycles. The lowest BCUT2D eigenvalue weighted by Crippen LogP contribution is -2.31. The molecule has 32 heavy (non-hydrogen) atoms. The maximum Gasteiger partial charge on any atom is 0.335 e. The lowest BCUT2D eigenvalue weighted by molar-refractivity contribution is -0.140. The van der Waals surface area contributed by atoms with Crippen molar-refractivity contribution in [2.24, 2.45) is 0 Å². The monoisotopic (exact) mass is 457 g/mol. The van der Waals surface area contributed by atoms with Gasteiger partial charge in [0, 0.05) is 34.1 Å². The molecule has 0 fully saturated rings. The second kappa shape index (κ2) is 11.0. The second-order valence-corrected chi connectivity index (χ2v) is 9.11. The van der Waals surface area contributed by atoms with Gasteiger partial charge in [0.25, 0.3) is 5.91 Å². The zero-order chi connectivity index (χ0) is 23.7. The molecular weight excluding hydrogens is 434 g/mol. The Kier molecular flexibility index (Phi) is 8.38. The molecule has 9 nitrogen and oxygen atoms in total. The highest BCUT2D eigenvalue weighted by molar-refractivity contribution is 7.99. The minimum atomic E-state index is -2.80. The summed E-state index contributed by atoms with van der Waals surface area (Å²) >= 11 is 0. The Bertz CT molecular complexity index is 1220. The van der Waals surface area contributed by atoms with Crippen molar-refractivity contribution in [3.63, 3.8) is 0 Å². The zero-order valence-electron chi connectivity index (χ0n) is 17.6. The van der Waals surface area contributed by atoms with Crippen LogP contribution < -0.4 is 10.5 Å². The number of carboxylic acids is 1. The number of nitrogens with one attached hydrogen (secondary N) is 1. The van der Waals surface area contributed by atoms with Crippen LogP contribution in [0, 0.1) is 11.8 Å². The number of nitrogens with two attached hydrogens (primary N) is 1. The van der Waals surface area contributed by atoms with Gasteiger partial charge in [-0.05, 0) is 42.5 Å². The Morgan fingerprint density at radius 2 is 2.00 bits per heavy atom. The number of hydrogen-bond acceptors (Lipinski definition) is 7. The Morgan fingerprint density at radius 3 is 2.69 bits per heavy atom. The number of nitrogens with zero attached hydrogens (tertiary/aromatic N) is 1. The summed E-state index contributed by atoms with van der Waals surface area (Å²) in [6, 6.07) is 7.49. The number of amides is 1. The lowest BCUT2D eigenvalue weighted by atomic mass is 10.1. The fraction of sp³-hybridized carbons (Fsp3) is 0.227. The molecule has 0 saturated carbocycles. The first-order chi connectivity index (χ1) is 15.1. The summed E-state index contributed by atoms with van der Waals surface area (Å²) < 4.78 is 19.6. The van der Waals surface area contributed by atoms with Crippen LogP contribution in [0.25, 0.3) is 0 Å². The summed E-state index contributed by atoms with van der Waals surface area (Å²) in [5, 5.41) is 10.5. The maximum absolute atomic E-state index is 12.6. The third-order valence-corrected chi connectivity index (χ3v) is 5.64. The summed E-state index contributed by atoms with van der Waals surface area (Å²) in [7, 11) is -1.51. The number of nitrogen functional groups attached to an aromatic ring is 1. The van der Waals surface area contributed by atoms with Gasteiger partial charge in [0.05, 0.1) is 23.8 Å². The van der Waals surface area contributed by atoms with Crippen molar-refractivity contribution < 1.29 is 28.4 Å². The van der Waals surface area contributed by atoms with Gasteiger partial charge < -0.3 is 15.6 Å². The number of carboxylic acid groups (broad SMARTS) is 1. The number of unbranched alkanes of at least 4 members (excludes halogenated alkanes) is 1. The van der Waals surface area contributed by atoms with E-state index in [-0.39, 0.29) is 34.9 Å². The van der Waals surface area contributed by atoms with Crippen molar-refractivity contribution in [1.82, 2.24) is 9.71 Å². The van der Waals surface area contributed by atoms with Gasteiger partial charge in [-0.15, -0.1) is 0 Å². The van der Waals surface area contributed by atoms with Crippen LogP contribution in [0.15, 0.2) is 36.5 Å². The van der Waals surface area contributed by atoms with Crippen LogP contribution in [0.5, 0.6) is 0 Å². The van der Waals surface area contributed by atoms with Crippen molar-refractivity contribution in [2.75, 3.05) is 19.1 Å². The molecule has 0 spiro atoms. The number of carbonyl (C=O) groups excluding carboxylic acids is 2. The van der Waals surface area contributed by atoms with E-state index in [2.05, 4.69) is 26.3 Å². The van der Waals surface area contributed by atoms with Gasteiger partial charge in [-0.2, -0.15) is 0 Å². The van der Waals surface area contributed by atoms with E-state index in [9.17, 15) is 18.6 Å². The van der Waals surface area contributed by atoms with E-state index in [1.165, 1.54) is 43.1 Å². The first-order valence-electron chi connectivity index (χ1n) is 9.43. The summed E-state index contributed by atoms with van der Waals surface area (Å²) in [6.07, 6.45) is 3.61. The quantitative estimate of drug-likeness (QED) is 0.245. The first-order valence-corrected chi connectivity index (χ1v) is 11.5. The number of aromatic carboxylic acids is 1. The number of benzene rings is 1. The average Bonchev–Trinajstić information content (AvgIpc) is 2.75. The molecule has 10 heteroatoms. The molecule has 168 valence electrons. The molecule has 1 amide bonds. The Labute approximate surface area is 186 Å². The number of hydrogen-bond donors (Lipinski definition) is 3. The standard InChI is InChI=1S/C22H23N3O6S/c1-31-19(26)8-3-4-11-32(2,30)25-21(27)18-13-16(20(23)24-14-18)10-9-15-6-5-7-17(12-15)22(28)29/h5-7,11-14H,3-4,8H2,1-2H3,(H2,23,24)(H,28,29)(H,25,27,30). The molecule has 0 aliphatic carbocycles. The molecule has 2 aromatic rings. The molecule has 1 unspecified atom stereocenters. The van der Waals surface area contributed by atoms with Crippen LogP contribution >= 0.6 is 0 Å². The smallest absolute Gasteiger partial charge is 0.335 e. The molecule has 1 aromatic heterocycles. The van der Waals surface area contributed by atoms with Crippen molar-refractivity contribution >= 4 is 38.7 Å². The van der Waals surface area contributed by atoms with Gasteiger partial charge in [0.15, 0.2) is 0 Å². The largest absolute Gasteiger partial charge is 0.478 e. The van der Waals surface area contributed by atoms with Gasteiger partial charge in [0.2, 0.25) is 0 Å². The molecule has 1 aromatic carbocycles. The molecule has 0 aliphatic rings. The third-order valence-electron chi connectivity index (χ3n) is 4.18. The minimum absolute atomic E-state index is 0.0926. The van der Waals surface area contributed by atoms with Crippen LogP contribution in [0.3, 0.4) is 0 Å². The van der Waals surface area contributed by atoms with Gasteiger partial charge >= 0.3 is 11.9 Å². The Hall–Kier alpha value is -3.84. The number of esters is 1. The average molecular weight is 458 g/mol. The summed E-state index contributed by atoms with van der Waals surface area (Å²) in [6.45, 7) is 0. The topological polar surface area (TPSA) is 149 Å². The highest BCUT2D eigenvalue weighted by Crippen LogP contribution is 2.11. The van der Waals surface area contributed by atoms with Crippen LogP contribution in [0.4, 0.5) is 5.82 Å². The number of methoxy groups -OCH3 is 1. The molecule has 1 heterocycles. The SMILES string of the molecule is COC(=O)CCCC=S(C)(=O)NC(=O)c1cnc(N)c(C#Cc2cccc(C(=O)O)c2)c1. The molecule has 1 atom stereocenters. The molecule has 0 bridgehead atoms. The van der Waals surface area contributed by atoms with E-state index >= 15 is 0 Å². The van der Waals surface area contributed by atoms with E-state index in [0.29, 0.717) is 18.4 Å². The fourth-order valence-electron chi connectivity index (χ4n) is 2.51. The second-order valence-electron chi connectivity index (χ2n) is 6.76. The third kappa shape index (κ3) is 7.45. The normalized spacial score (nSPS) is 11.9. The van der Waals surface area contributed by atoms with Gasteiger partial charge in [-0.3, -0.25) is 14.3 Å². The Balaban J connectivity index is 2.16. The Morgan fingerprint density at radius 1 is 1.25 bits per heavy atom. The van der Waals surface area contributed by atoms with Crippen LogP contribution in [0.2, 0.25) is 0 Å². The molecular formula is C22H23N3O6S. The fourth-order valence-corrected chi connectivity index (χ4v) is 3.70. The lowest BCUT2D eigenvalue weighted by Gasteiger charge is -2.09. The first kappa shape index (κ1) is 24.4. The molecule has 4 N–H and O–H groups in total. The van der Waals surface area contributed by atoms with E-state index in [1.54, 1.807) is 12.1 Å². The predicted molar refractivity (Wildman–Crippen MR) is 121 cm³/mol. The van der Waals surface area contributed by atoms with Gasteiger partial charge in [0.1, 0.15) is 5.82 Å². The summed E-state index contributed by atoms with van der Waals surface area (Å²) in [5.41, 5.74) is 6.76. The number of aromatic nitrogens is 1. The maximum atomic E-state index is 12.6. The molecule has 2 rings (SSSR count). The number of pyridine rings is 1. The van der Waals surface area contributed by atoms with E-state index in [1.807, 2.05) is 0 Å². The number of ether oxygens (including phenoxy) is 1. The zero-order valence-corrected chi connectivity index (χ0v) is 18.4. The number of carbonyl (C=O) groups is 3. The van der Waals surface area contributed by atoms with Gasteiger partial charge in [-0.25, -0.2) is 14.0 Å². The number of anilines is 1. The van der Waals surface area contributed by atoms with Crippen molar-refractivity contribution in [2.45, 2.75) is 19.3 Å². The van der Waals surface area contributed by atoms with E-state index < -0.39 is 21.6 Å². The van der Waals surface area contributed by atoms with Crippen LogP contribution in [-0.2, 0) is 19.2 Å². The van der Waals surface area contributed by atoms with Crippen molar-refractivity contribution in [3.05, 3.63) is 58.8 Å². The van der Waals surface area contributed by atoms with E-state index in [0.717, 1.165) is 0 Å². The van der Waals surface area contributed by atoms with Crippen molar-refractivity contribution in [1.29, 1.82) is 0 Å². The molecule has 0 radical (unpaired) electrons. The summed E-state index contributed by atoms with van der Waals surface area (Å²) in [4.78, 5) is 38.7. The molecule has 0 aliphatic heterocycles. The number of rotatable bonds is 7. The highest BCUT2D eigenvalue weighted by Gasteiger charge is 2.12. The summed E-state index contributed by atoms with van der Waals surface area (Å²) in [5.74, 6) is 3.61. The minimum Gasteiger partial charge on any atom is -0.478 e. The predicted octanol–water partition coefficient (Wildman–Crippen LogP) is 1.47. The van der Waals surface area contributed by atoms with Crippen LogP contribution in [-0.4, -0.2) is 50.9 Å². The van der Waals surface area contributed by atoms with E-state index in [4.69, 9.17) is 10.8 Å². The van der Waals surface area contributed by atoms with Crippen LogP contribution in [0.1, 0.15) is 51.1 Å². The van der Waals surface area contributed by atoms with Gasteiger partial charge in [-0.1, -0.05) is 17.9 Å².